The number of carbonyl (C=O) groups excluding carboxylic acids is 2. The lowest BCUT2D eigenvalue weighted by atomic mass is 9.45. The zero-order valence-corrected chi connectivity index (χ0v) is 22.2. The molecule has 4 nitrogen and oxygen atoms in total. The summed E-state index contributed by atoms with van der Waals surface area (Å²) in [6.45, 7) is 11.4. The quantitative estimate of drug-likeness (QED) is 0.173. The van der Waals surface area contributed by atoms with Crippen molar-refractivity contribution >= 4 is 11.9 Å². The number of carbonyl (C=O) groups is 2. The third kappa shape index (κ3) is 3.91. The van der Waals surface area contributed by atoms with Gasteiger partial charge in [-0.2, -0.15) is 0 Å². The molecule has 4 heteroatoms. The van der Waals surface area contributed by atoms with Crippen molar-refractivity contribution in [3.05, 3.63) is 130 Å². The summed E-state index contributed by atoms with van der Waals surface area (Å²) in [7, 11) is 0. The molecule has 0 aliphatic heterocycles. The molecule has 6 rings (SSSR count). The van der Waals surface area contributed by atoms with Crippen LogP contribution in [0.1, 0.15) is 72.9 Å². The Kier molecular flexibility index (Phi) is 6.83. The highest BCUT2D eigenvalue weighted by molar-refractivity contribution is 5.87. The topological polar surface area (TPSA) is 52.6 Å². The van der Waals surface area contributed by atoms with Gasteiger partial charge in [0, 0.05) is 22.0 Å². The minimum Gasteiger partial charge on any atom is -0.462 e. The summed E-state index contributed by atoms with van der Waals surface area (Å²) < 4.78 is 11.0. The third-order valence-electron chi connectivity index (χ3n) is 8.10. The molecule has 0 saturated heterocycles. The van der Waals surface area contributed by atoms with Gasteiger partial charge in [0.1, 0.15) is 0 Å². The smallest absolute Gasteiger partial charge is 0.333 e. The Balaban J connectivity index is 1.59. The standard InChI is InChI=1S/C34H34O4/c1-23(2)31(35)37-21-11-19-33-25-13-5-8-16-28(25)34(29-17-9-6-14-26(29)33,30-18-10-7-15-27(30)33)20-12-22-38-32(36)24(3)4/h5-10,13-18H,1,3,11-12,19-22H2,2,4H3. The predicted octanol–water partition coefficient (Wildman–Crippen LogP) is 6.78. The molecule has 3 aromatic rings. The molecular formula is C34H34O4. The van der Waals surface area contributed by atoms with Gasteiger partial charge in [0.05, 0.1) is 13.2 Å². The van der Waals surface area contributed by atoms with Crippen molar-refractivity contribution < 1.29 is 19.1 Å². The summed E-state index contributed by atoms with van der Waals surface area (Å²) in [6.07, 6.45) is 3.07. The van der Waals surface area contributed by atoms with Gasteiger partial charge >= 0.3 is 11.9 Å². The fraction of sp³-hybridized carbons (Fsp3) is 0.294. The van der Waals surface area contributed by atoms with Crippen LogP contribution in [0.4, 0.5) is 0 Å². The molecule has 0 fully saturated rings. The van der Waals surface area contributed by atoms with E-state index in [4.69, 9.17) is 9.47 Å². The summed E-state index contributed by atoms with van der Waals surface area (Å²) in [5.41, 5.74) is 8.00. The van der Waals surface area contributed by atoms with Gasteiger partial charge in [0.15, 0.2) is 0 Å². The van der Waals surface area contributed by atoms with Gasteiger partial charge in [-0.15, -0.1) is 0 Å². The Morgan fingerprint density at radius 1 is 0.579 bits per heavy atom. The minimum absolute atomic E-state index is 0.340. The largest absolute Gasteiger partial charge is 0.462 e. The zero-order chi connectivity index (χ0) is 26.9. The average molecular weight is 507 g/mol. The number of esters is 2. The summed E-state index contributed by atoms with van der Waals surface area (Å²) >= 11 is 0. The molecule has 38 heavy (non-hydrogen) atoms. The lowest BCUT2D eigenvalue weighted by Crippen LogP contribution is -2.51. The van der Waals surface area contributed by atoms with Crippen LogP contribution in [-0.4, -0.2) is 25.2 Å². The Morgan fingerprint density at radius 2 is 0.842 bits per heavy atom. The van der Waals surface area contributed by atoms with Gasteiger partial charge in [0.2, 0.25) is 0 Å². The molecule has 0 atom stereocenters. The summed E-state index contributed by atoms with van der Waals surface area (Å²) in [6, 6.07) is 26.3. The van der Waals surface area contributed by atoms with Crippen LogP contribution >= 0.6 is 0 Å². The van der Waals surface area contributed by atoms with E-state index in [2.05, 4.69) is 86.0 Å². The van der Waals surface area contributed by atoms with E-state index in [-0.39, 0.29) is 22.8 Å². The first-order valence-electron chi connectivity index (χ1n) is 13.3. The normalized spacial score (nSPS) is 20.1. The van der Waals surface area contributed by atoms with E-state index in [1.807, 2.05) is 0 Å². The van der Waals surface area contributed by atoms with E-state index in [9.17, 15) is 9.59 Å². The van der Waals surface area contributed by atoms with E-state index >= 15 is 0 Å². The fourth-order valence-electron chi connectivity index (χ4n) is 6.61. The second kappa shape index (κ2) is 10.1. The molecule has 0 radical (unpaired) electrons. The number of hydrogen-bond acceptors (Lipinski definition) is 4. The van der Waals surface area contributed by atoms with Gasteiger partial charge in [-0.3, -0.25) is 0 Å². The van der Waals surface area contributed by atoms with Crippen molar-refractivity contribution in [1.82, 2.24) is 0 Å². The summed E-state index contributed by atoms with van der Waals surface area (Å²) in [5, 5.41) is 0. The van der Waals surface area contributed by atoms with Crippen molar-refractivity contribution in [1.29, 1.82) is 0 Å². The van der Waals surface area contributed by atoms with E-state index in [1.54, 1.807) is 13.8 Å². The fourth-order valence-corrected chi connectivity index (χ4v) is 6.61. The van der Waals surface area contributed by atoms with Crippen LogP contribution in [0.3, 0.4) is 0 Å². The monoisotopic (exact) mass is 506 g/mol. The number of ether oxygens (including phenoxy) is 2. The van der Waals surface area contributed by atoms with Crippen LogP contribution in [0.15, 0.2) is 97.1 Å². The molecule has 2 bridgehead atoms. The second-order valence-corrected chi connectivity index (χ2v) is 10.5. The van der Waals surface area contributed by atoms with Crippen molar-refractivity contribution in [2.75, 3.05) is 13.2 Å². The molecule has 0 saturated carbocycles. The third-order valence-corrected chi connectivity index (χ3v) is 8.10. The molecular weight excluding hydrogens is 472 g/mol. The molecule has 3 aliphatic carbocycles. The Bertz CT molecular complexity index is 1200. The maximum Gasteiger partial charge on any atom is 0.333 e. The first kappa shape index (κ1) is 25.7. The number of benzene rings is 3. The predicted molar refractivity (Wildman–Crippen MR) is 149 cm³/mol. The van der Waals surface area contributed by atoms with Crippen molar-refractivity contribution in [2.24, 2.45) is 0 Å². The molecule has 3 aromatic carbocycles. The van der Waals surface area contributed by atoms with Crippen LogP contribution in [0, 0.1) is 0 Å². The van der Waals surface area contributed by atoms with Crippen LogP contribution in [0.2, 0.25) is 0 Å². The van der Waals surface area contributed by atoms with E-state index in [1.165, 1.54) is 33.4 Å². The van der Waals surface area contributed by atoms with Crippen LogP contribution < -0.4 is 0 Å². The Morgan fingerprint density at radius 3 is 1.08 bits per heavy atom. The van der Waals surface area contributed by atoms with Crippen LogP contribution in [-0.2, 0) is 29.9 Å². The Labute approximate surface area is 225 Å². The second-order valence-electron chi connectivity index (χ2n) is 10.5. The van der Waals surface area contributed by atoms with Crippen molar-refractivity contribution in [3.63, 3.8) is 0 Å². The molecule has 0 amide bonds. The molecule has 3 aliphatic rings. The number of rotatable bonds is 10. The first-order valence-corrected chi connectivity index (χ1v) is 13.3. The summed E-state index contributed by atoms with van der Waals surface area (Å²) in [4.78, 5) is 24.1. The lowest BCUT2D eigenvalue weighted by Gasteiger charge is -2.57. The Hall–Kier alpha value is -3.92. The highest BCUT2D eigenvalue weighted by Gasteiger charge is 2.57. The molecule has 0 aromatic heterocycles. The van der Waals surface area contributed by atoms with E-state index < -0.39 is 0 Å². The van der Waals surface area contributed by atoms with Gasteiger partial charge < -0.3 is 9.47 Å². The highest BCUT2D eigenvalue weighted by atomic mass is 16.5. The van der Waals surface area contributed by atoms with E-state index in [0.29, 0.717) is 24.4 Å². The molecule has 0 N–H and O–H groups in total. The molecule has 0 spiro atoms. The first-order chi connectivity index (χ1) is 18.3. The van der Waals surface area contributed by atoms with Gasteiger partial charge in [-0.1, -0.05) is 86.0 Å². The maximum atomic E-state index is 12.0. The highest BCUT2D eigenvalue weighted by Crippen LogP contribution is 2.64. The maximum absolute atomic E-state index is 12.0. The van der Waals surface area contributed by atoms with Crippen molar-refractivity contribution in [3.8, 4) is 0 Å². The zero-order valence-electron chi connectivity index (χ0n) is 22.2. The SMILES string of the molecule is C=C(C)C(=O)OCCCC12c3ccccc3C(CCCOC(=O)C(=C)C)(c3ccccc31)c1ccccc12. The van der Waals surface area contributed by atoms with E-state index in [0.717, 1.165) is 25.7 Å². The molecule has 0 unspecified atom stereocenters. The van der Waals surface area contributed by atoms with Gasteiger partial charge in [-0.05, 0) is 72.9 Å². The van der Waals surface area contributed by atoms with Crippen molar-refractivity contribution in [2.45, 2.75) is 50.4 Å². The van der Waals surface area contributed by atoms with Crippen LogP contribution in [0.5, 0.6) is 0 Å². The van der Waals surface area contributed by atoms with Crippen LogP contribution in [0.25, 0.3) is 0 Å². The minimum atomic E-state index is -0.345. The molecule has 0 heterocycles. The summed E-state index contributed by atoms with van der Waals surface area (Å²) in [5.74, 6) is -0.690. The number of hydrogen-bond donors (Lipinski definition) is 0. The van der Waals surface area contributed by atoms with Gasteiger partial charge in [-0.25, -0.2) is 9.59 Å². The lowest BCUT2D eigenvalue weighted by molar-refractivity contribution is -0.140. The molecule has 194 valence electrons. The van der Waals surface area contributed by atoms with Gasteiger partial charge in [0.25, 0.3) is 0 Å². The average Bonchev–Trinajstić information content (AvgIpc) is 2.94.